The Kier molecular flexibility index (Phi) is 55.0. The van der Waals surface area contributed by atoms with Gasteiger partial charge in [-0.25, -0.2) is 0 Å². The zero-order chi connectivity index (χ0) is 47.9. The van der Waals surface area contributed by atoms with Gasteiger partial charge in [0.05, 0.1) is 25.4 Å². The van der Waals surface area contributed by atoms with Crippen molar-refractivity contribution in [1.29, 1.82) is 0 Å². The van der Waals surface area contributed by atoms with Crippen LogP contribution in [0, 0.1) is 0 Å². The molecule has 0 aliphatic rings. The van der Waals surface area contributed by atoms with Crippen LogP contribution in [0.4, 0.5) is 0 Å². The molecule has 0 aliphatic heterocycles. The summed E-state index contributed by atoms with van der Waals surface area (Å²) in [6, 6.07) is -0.543. The van der Waals surface area contributed by atoms with Crippen LogP contribution in [-0.2, 0) is 14.3 Å². The van der Waals surface area contributed by atoms with Crippen LogP contribution in [0.5, 0.6) is 0 Å². The molecule has 0 bridgehead atoms. The predicted octanol–water partition coefficient (Wildman–Crippen LogP) is 18.5. The minimum absolute atomic E-state index is 0.0136. The van der Waals surface area contributed by atoms with Crippen molar-refractivity contribution in [3.05, 3.63) is 12.2 Å². The Morgan fingerprint density at radius 1 is 0.409 bits per heavy atom. The summed E-state index contributed by atoms with van der Waals surface area (Å²) in [6.45, 7) is 4.96. The van der Waals surface area contributed by atoms with Gasteiger partial charge in [-0.15, -0.1) is 0 Å². The highest BCUT2D eigenvalue weighted by Gasteiger charge is 2.20. The van der Waals surface area contributed by atoms with Crippen molar-refractivity contribution in [1.82, 2.24) is 5.32 Å². The minimum atomic E-state index is -0.665. The molecule has 3 N–H and O–H groups in total. The zero-order valence-electron chi connectivity index (χ0n) is 44.7. The van der Waals surface area contributed by atoms with Crippen molar-refractivity contribution in [2.45, 2.75) is 347 Å². The molecule has 2 atom stereocenters. The van der Waals surface area contributed by atoms with Crippen LogP contribution in [0.25, 0.3) is 0 Å². The highest BCUT2D eigenvalue weighted by molar-refractivity contribution is 5.76. The number of hydrogen-bond acceptors (Lipinski definition) is 5. The second-order valence-electron chi connectivity index (χ2n) is 20.7. The SMILES string of the molecule is CCCCCCCCCCCCCCCC(O)C(CO)NC(=O)CCCCCCCCCC/C=C\CCCCCCCCCCCCCCOC(=O)CCCCCCCCCCCCCC. The van der Waals surface area contributed by atoms with E-state index in [1.165, 1.54) is 263 Å². The second kappa shape index (κ2) is 56.2. The Balaban J connectivity index is 3.39. The van der Waals surface area contributed by atoms with E-state index in [0.29, 0.717) is 25.9 Å². The largest absolute Gasteiger partial charge is 0.466 e. The van der Waals surface area contributed by atoms with Gasteiger partial charge >= 0.3 is 5.97 Å². The number of esters is 1. The lowest BCUT2D eigenvalue weighted by molar-refractivity contribution is -0.143. The van der Waals surface area contributed by atoms with E-state index < -0.39 is 12.1 Å². The predicted molar refractivity (Wildman–Crippen MR) is 287 cm³/mol. The Morgan fingerprint density at radius 3 is 1.08 bits per heavy atom. The smallest absolute Gasteiger partial charge is 0.305 e. The van der Waals surface area contributed by atoms with Crippen molar-refractivity contribution in [2.75, 3.05) is 13.2 Å². The summed E-state index contributed by atoms with van der Waals surface area (Å²) in [6.07, 6.45) is 66.4. The second-order valence-corrected chi connectivity index (χ2v) is 20.7. The molecular formula is C60H117NO5. The first-order valence-electron chi connectivity index (χ1n) is 29.9. The van der Waals surface area contributed by atoms with Crippen molar-refractivity contribution in [3.63, 3.8) is 0 Å². The molecule has 66 heavy (non-hydrogen) atoms. The fourth-order valence-corrected chi connectivity index (χ4v) is 9.46. The van der Waals surface area contributed by atoms with E-state index in [0.717, 1.165) is 38.5 Å². The fraction of sp³-hybridized carbons (Fsp3) is 0.933. The van der Waals surface area contributed by atoms with Gasteiger partial charge in [-0.05, 0) is 51.4 Å². The van der Waals surface area contributed by atoms with Gasteiger partial charge in [0.1, 0.15) is 0 Å². The van der Waals surface area contributed by atoms with Crippen molar-refractivity contribution < 1.29 is 24.5 Å². The number of rotatable bonds is 56. The number of carbonyl (C=O) groups excluding carboxylic acids is 2. The van der Waals surface area contributed by atoms with Gasteiger partial charge in [-0.2, -0.15) is 0 Å². The van der Waals surface area contributed by atoms with E-state index in [-0.39, 0.29) is 18.5 Å². The molecule has 0 rings (SSSR count). The van der Waals surface area contributed by atoms with Gasteiger partial charge in [-0.1, -0.05) is 283 Å². The molecule has 6 nitrogen and oxygen atoms in total. The van der Waals surface area contributed by atoms with E-state index in [1.807, 2.05) is 0 Å². The summed E-state index contributed by atoms with van der Waals surface area (Å²) in [4.78, 5) is 24.5. The Labute approximate surface area is 412 Å². The molecule has 0 spiro atoms. The molecule has 0 aliphatic carbocycles. The average Bonchev–Trinajstić information content (AvgIpc) is 3.32. The van der Waals surface area contributed by atoms with Gasteiger partial charge in [0.15, 0.2) is 0 Å². The number of aliphatic hydroxyl groups excluding tert-OH is 2. The number of nitrogens with one attached hydrogen (secondary N) is 1. The van der Waals surface area contributed by atoms with Crippen LogP contribution < -0.4 is 5.32 Å². The zero-order valence-corrected chi connectivity index (χ0v) is 44.7. The lowest BCUT2D eigenvalue weighted by Gasteiger charge is -2.22. The third-order valence-electron chi connectivity index (χ3n) is 14.1. The standard InChI is InChI=1S/C60H117NO5/c1-3-5-7-9-11-13-15-29-32-36-40-44-48-52-58(63)57(56-62)61-59(64)53-49-45-41-37-33-30-27-25-23-21-19-17-18-20-22-24-26-28-31-35-39-43-47-51-55-66-60(65)54-50-46-42-38-34-16-14-12-10-8-6-4-2/h19,21,57-58,62-63H,3-18,20,22-56H2,1-2H3,(H,61,64)/b21-19-. The van der Waals surface area contributed by atoms with Crippen LogP contribution in [0.1, 0.15) is 335 Å². The number of carbonyl (C=O) groups is 2. The lowest BCUT2D eigenvalue weighted by atomic mass is 10.0. The number of amides is 1. The topological polar surface area (TPSA) is 95.9 Å². The third kappa shape index (κ3) is 52.0. The third-order valence-corrected chi connectivity index (χ3v) is 14.1. The van der Waals surface area contributed by atoms with Crippen LogP contribution in [0.15, 0.2) is 12.2 Å². The average molecular weight is 933 g/mol. The van der Waals surface area contributed by atoms with Gasteiger partial charge in [0.2, 0.25) is 5.91 Å². The molecule has 1 amide bonds. The van der Waals surface area contributed by atoms with Crippen LogP contribution in [-0.4, -0.2) is 47.4 Å². The first-order chi connectivity index (χ1) is 32.5. The summed E-state index contributed by atoms with van der Waals surface area (Å²) in [5.74, 6) is -0.0245. The van der Waals surface area contributed by atoms with Crippen LogP contribution in [0.3, 0.4) is 0 Å². The van der Waals surface area contributed by atoms with Crippen molar-refractivity contribution >= 4 is 11.9 Å². The molecule has 2 unspecified atom stereocenters. The summed E-state index contributed by atoms with van der Waals surface area (Å²) in [7, 11) is 0. The Bertz CT molecular complexity index is 986. The Hall–Kier alpha value is -1.40. The maximum Gasteiger partial charge on any atom is 0.305 e. The molecule has 0 aromatic heterocycles. The molecule has 0 saturated heterocycles. The summed E-state index contributed by atoms with van der Waals surface area (Å²) >= 11 is 0. The Morgan fingerprint density at radius 2 is 0.712 bits per heavy atom. The first kappa shape index (κ1) is 64.6. The molecule has 0 fully saturated rings. The van der Waals surface area contributed by atoms with Crippen LogP contribution >= 0.6 is 0 Å². The van der Waals surface area contributed by atoms with E-state index >= 15 is 0 Å². The monoisotopic (exact) mass is 932 g/mol. The highest BCUT2D eigenvalue weighted by Crippen LogP contribution is 2.17. The molecular weight excluding hydrogens is 815 g/mol. The number of unbranched alkanes of at least 4 members (excludes halogenated alkanes) is 43. The summed E-state index contributed by atoms with van der Waals surface area (Å²) in [5.41, 5.74) is 0. The summed E-state index contributed by atoms with van der Waals surface area (Å²) < 4.78 is 5.47. The molecule has 0 aromatic rings. The minimum Gasteiger partial charge on any atom is -0.466 e. The quantitative estimate of drug-likeness (QED) is 0.0321. The molecule has 0 saturated carbocycles. The molecule has 0 radical (unpaired) electrons. The van der Waals surface area contributed by atoms with E-state index in [9.17, 15) is 19.8 Å². The molecule has 392 valence electrons. The molecule has 0 heterocycles. The van der Waals surface area contributed by atoms with E-state index in [1.54, 1.807) is 0 Å². The maximum absolute atomic E-state index is 12.5. The van der Waals surface area contributed by atoms with Gasteiger partial charge in [0.25, 0.3) is 0 Å². The molecule has 0 aromatic carbocycles. The maximum atomic E-state index is 12.5. The van der Waals surface area contributed by atoms with Crippen molar-refractivity contribution in [3.8, 4) is 0 Å². The molecule has 6 heteroatoms. The normalized spacial score (nSPS) is 12.6. The number of allylic oxidation sites excluding steroid dienone is 2. The number of hydrogen-bond donors (Lipinski definition) is 3. The van der Waals surface area contributed by atoms with E-state index in [2.05, 4.69) is 31.3 Å². The first-order valence-corrected chi connectivity index (χ1v) is 29.9. The van der Waals surface area contributed by atoms with E-state index in [4.69, 9.17) is 4.74 Å². The van der Waals surface area contributed by atoms with Crippen LogP contribution in [0.2, 0.25) is 0 Å². The number of aliphatic hydroxyl groups is 2. The van der Waals surface area contributed by atoms with Crippen molar-refractivity contribution in [2.24, 2.45) is 0 Å². The fourth-order valence-electron chi connectivity index (χ4n) is 9.46. The highest BCUT2D eigenvalue weighted by atomic mass is 16.5. The van der Waals surface area contributed by atoms with Gasteiger partial charge in [0, 0.05) is 12.8 Å². The van der Waals surface area contributed by atoms with Gasteiger partial charge < -0.3 is 20.3 Å². The summed E-state index contributed by atoms with van der Waals surface area (Å²) in [5, 5.41) is 23.2. The lowest BCUT2D eigenvalue weighted by Crippen LogP contribution is -2.45. The number of ether oxygens (including phenoxy) is 1. The van der Waals surface area contributed by atoms with Gasteiger partial charge in [-0.3, -0.25) is 9.59 Å².